The van der Waals surface area contributed by atoms with Crippen molar-refractivity contribution in [3.63, 3.8) is 0 Å². The minimum Gasteiger partial charge on any atom is -0.492 e. The molecule has 16 heteroatoms. The first-order valence-corrected chi connectivity index (χ1v) is 13.9. The second-order valence-corrected chi connectivity index (χ2v) is 11.0. The standard InChI is InChI=1S/C17H18N4O3.C9H11F3N2O3S/c1-20(2)10-14-18-8-7-15(19-14)24-13-6-4-5-11-9-12(17(22)23)21(3)16(11)13;1-17-8-6(13)3-5(9(10,11)12)4-7(8)14-18(2,15)16/h4-9H,10H2,1-3H3,(H,22,23);3-4,14H,13H2,1-2H3. The Kier molecular flexibility index (Phi) is 9.53. The van der Waals surface area contributed by atoms with Gasteiger partial charge in [-0.05, 0) is 38.4 Å². The van der Waals surface area contributed by atoms with Crippen LogP contribution in [-0.4, -0.2) is 66.4 Å². The number of halogens is 3. The number of rotatable bonds is 8. The van der Waals surface area contributed by atoms with Gasteiger partial charge in [-0.2, -0.15) is 18.2 Å². The van der Waals surface area contributed by atoms with Crippen LogP contribution in [-0.2, 0) is 29.8 Å². The number of benzene rings is 2. The summed E-state index contributed by atoms with van der Waals surface area (Å²) < 4.78 is 73.9. The fourth-order valence-electron chi connectivity index (χ4n) is 3.89. The molecule has 226 valence electrons. The Morgan fingerprint density at radius 1 is 1.19 bits per heavy atom. The summed E-state index contributed by atoms with van der Waals surface area (Å²) in [6.07, 6.45) is -2.17. The summed E-state index contributed by atoms with van der Waals surface area (Å²) in [5, 5.41) is 10.1. The van der Waals surface area contributed by atoms with Gasteiger partial charge >= 0.3 is 12.1 Å². The highest BCUT2D eigenvalue weighted by Crippen LogP contribution is 2.39. The monoisotopic (exact) mass is 610 g/mol. The van der Waals surface area contributed by atoms with Gasteiger partial charge in [-0.15, -0.1) is 0 Å². The first kappa shape index (κ1) is 32.0. The van der Waals surface area contributed by atoms with Crippen molar-refractivity contribution < 1.29 is 41.0 Å². The van der Waals surface area contributed by atoms with Crippen molar-refractivity contribution in [2.24, 2.45) is 7.05 Å². The molecule has 0 aliphatic carbocycles. The highest BCUT2D eigenvalue weighted by Gasteiger charge is 2.32. The van der Waals surface area contributed by atoms with E-state index in [-0.39, 0.29) is 22.8 Å². The van der Waals surface area contributed by atoms with Crippen LogP contribution in [0.3, 0.4) is 0 Å². The maximum atomic E-state index is 12.5. The van der Waals surface area contributed by atoms with Crippen molar-refractivity contribution in [3.05, 3.63) is 65.7 Å². The number of nitrogen functional groups attached to an aromatic ring is 1. The van der Waals surface area contributed by atoms with Crippen LogP contribution >= 0.6 is 0 Å². The number of aromatic carboxylic acids is 1. The van der Waals surface area contributed by atoms with Crippen LogP contribution in [0.5, 0.6) is 17.4 Å². The second-order valence-electron chi connectivity index (χ2n) is 9.26. The van der Waals surface area contributed by atoms with Gasteiger partial charge in [-0.1, -0.05) is 12.1 Å². The second kappa shape index (κ2) is 12.5. The first-order chi connectivity index (χ1) is 19.5. The number of aryl methyl sites for hydroxylation is 1. The van der Waals surface area contributed by atoms with E-state index >= 15 is 0 Å². The topological polar surface area (TPSA) is 162 Å². The Morgan fingerprint density at radius 2 is 1.88 bits per heavy atom. The van der Waals surface area contributed by atoms with Crippen molar-refractivity contribution in [2.45, 2.75) is 12.7 Å². The van der Waals surface area contributed by atoms with Crippen LogP contribution in [0, 0.1) is 0 Å². The van der Waals surface area contributed by atoms with Crippen molar-refractivity contribution in [1.82, 2.24) is 19.4 Å². The van der Waals surface area contributed by atoms with Gasteiger partial charge in [0.25, 0.3) is 0 Å². The van der Waals surface area contributed by atoms with E-state index in [4.69, 9.17) is 15.2 Å². The fourth-order valence-corrected chi connectivity index (χ4v) is 4.45. The number of nitrogens with two attached hydrogens (primary N) is 1. The van der Waals surface area contributed by atoms with Crippen LogP contribution in [0.2, 0.25) is 0 Å². The zero-order chi connectivity index (χ0) is 31.4. The summed E-state index contributed by atoms with van der Waals surface area (Å²) in [4.78, 5) is 21.9. The molecule has 0 unspecified atom stereocenters. The number of hydrogen-bond donors (Lipinski definition) is 3. The third-order valence-corrected chi connectivity index (χ3v) is 6.13. The molecule has 12 nitrogen and oxygen atoms in total. The highest BCUT2D eigenvalue weighted by atomic mass is 32.2. The minimum atomic E-state index is -4.63. The Labute approximate surface area is 239 Å². The largest absolute Gasteiger partial charge is 0.492 e. The number of fused-ring (bicyclic) bond motifs is 1. The molecule has 0 aliphatic heterocycles. The maximum absolute atomic E-state index is 12.5. The average molecular weight is 611 g/mol. The first-order valence-electron chi connectivity index (χ1n) is 12.0. The summed E-state index contributed by atoms with van der Waals surface area (Å²) in [6.45, 7) is 0.606. The van der Waals surface area contributed by atoms with E-state index in [1.807, 2.05) is 35.9 Å². The predicted octanol–water partition coefficient (Wildman–Crippen LogP) is 4.19. The van der Waals surface area contributed by atoms with Crippen LogP contribution in [0.15, 0.2) is 48.7 Å². The lowest BCUT2D eigenvalue weighted by atomic mass is 10.1. The quantitative estimate of drug-likeness (QED) is 0.247. The maximum Gasteiger partial charge on any atom is 0.416 e. The molecule has 0 atom stereocenters. The fraction of sp³-hybridized carbons (Fsp3) is 0.269. The van der Waals surface area contributed by atoms with Gasteiger partial charge in [0.2, 0.25) is 15.9 Å². The Balaban J connectivity index is 0.000000241. The number of nitrogens with zero attached hydrogens (tertiary/aromatic N) is 4. The third kappa shape index (κ3) is 8.01. The van der Waals surface area contributed by atoms with Crippen LogP contribution in [0.4, 0.5) is 24.5 Å². The van der Waals surface area contributed by atoms with Crippen LogP contribution < -0.4 is 19.9 Å². The van der Waals surface area contributed by atoms with E-state index in [1.165, 1.54) is 7.11 Å². The highest BCUT2D eigenvalue weighted by molar-refractivity contribution is 7.92. The van der Waals surface area contributed by atoms with Crippen LogP contribution in [0.1, 0.15) is 21.9 Å². The molecule has 2 heterocycles. The zero-order valence-corrected chi connectivity index (χ0v) is 24.0. The summed E-state index contributed by atoms with van der Waals surface area (Å²) in [5.74, 6) is 0.496. The van der Waals surface area contributed by atoms with Gasteiger partial charge in [0.05, 0.1) is 42.4 Å². The number of para-hydroxylation sites is 1. The number of ether oxygens (including phenoxy) is 2. The van der Waals surface area contributed by atoms with E-state index in [0.29, 0.717) is 41.6 Å². The molecule has 0 saturated carbocycles. The molecule has 4 N–H and O–H groups in total. The molecular formula is C26H29F3N6O6S. The zero-order valence-electron chi connectivity index (χ0n) is 23.2. The van der Waals surface area contributed by atoms with Crippen molar-refractivity contribution in [1.29, 1.82) is 0 Å². The molecular weight excluding hydrogens is 581 g/mol. The van der Waals surface area contributed by atoms with E-state index in [0.717, 1.165) is 11.6 Å². The van der Waals surface area contributed by atoms with Gasteiger partial charge < -0.3 is 29.8 Å². The number of hydrogen-bond acceptors (Lipinski definition) is 9. The van der Waals surface area contributed by atoms with E-state index < -0.39 is 27.7 Å². The van der Waals surface area contributed by atoms with E-state index in [9.17, 15) is 31.5 Å². The summed E-state index contributed by atoms with van der Waals surface area (Å²) in [7, 11) is 3.01. The lowest BCUT2D eigenvalue weighted by molar-refractivity contribution is -0.137. The van der Waals surface area contributed by atoms with Crippen LogP contribution in [0.25, 0.3) is 10.9 Å². The summed E-state index contributed by atoms with van der Waals surface area (Å²) in [6, 6.07) is 10.1. The Bertz CT molecular complexity index is 1710. The Hall–Kier alpha value is -4.57. The molecule has 0 spiro atoms. The molecule has 0 bridgehead atoms. The lowest BCUT2D eigenvalue weighted by Crippen LogP contribution is -2.13. The Morgan fingerprint density at radius 3 is 2.45 bits per heavy atom. The lowest BCUT2D eigenvalue weighted by Gasteiger charge is -2.15. The number of methoxy groups -OCH3 is 1. The number of carboxylic acids is 1. The van der Waals surface area contributed by atoms with Crippen molar-refractivity contribution in [3.8, 4) is 17.4 Å². The van der Waals surface area contributed by atoms with Gasteiger partial charge in [-0.3, -0.25) is 4.72 Å². The number of aromatic nitrogens is 3. The van der Waals surface area contributed by atoms with E-state index in [2.05, 4.69) is 9.97 Å². The molecule has 0 fully saturated rings. The molecule has 42 heavy (non-hydrogen) atoms. The predicted molar refractivity (Wildman–Crippen MR) is 150 cm³/mol. The normalized spacial score (nSPS) is 11.6. The number of sulfonamides is 1. The minimum absolute atomic E-state index is 0.159. The van der Waals surface area contributed by atoms with Gasteiger partial charge in [0, 0.05) is 24.7 Å². The van der Waals surface area contributed by atoms with Gasteiger partial charge in [0.15, 0.2) is 11.5 Å². The van der Waals surface area contributed by atoms with E-state index in [1.54, 1.807) is 36.0 Å². The molecule has 0 radical (unpaired) electrons. The number of anilines is 2. The molecule has 4 rings (SSSR count). The number of nitrogens with one attached hydrogen (secondary N) is 1. The smallest absolute Gasteiger partial charge is 0.416 e. The molecule has 2 aromatic heterocycles. The average Bonchev–Trinajstić information content (AvgIpc) is 3.20. The third-order valence-electron chi connectivity index (χ3n) is 5.53. The number of carbonyl (C=O) groups is 1. The van der Waals surface area contributed by atoms with Gasteiger partial charge in [0.1, 0.15) is 11.5 Å². The van der Waals surface area contributed by atoms with Crippen molar-refractivity contribution >= 4 is 38.3 Å². The number of alkyl halides is 3. The molecule has 4 aromatic rings. The number of carboxylic acid groups (broad SMARTS) is 1. The summed E-state index contributed by atoms with van der Waals surface area (Å²) in [5.41, 5.74) is 4.58. The molecule has 0 amide bonds. The summed E-state index contributed by atoms with van der Waals surface area (Å²) >= 11 is 0. The SMILES string of the molecule is CN(C)Cc1nccc(Oc2cccc3cc(C(=O)O)n(C)c23)n1.COc1c(N)cc(C(F)(F)F)cc1NS(C)(=O)=O. The molecule has 0 aliphatic rings. The molecule has 2 aromatic carbocycles. The van der Waals surface area contributed by atoms with Crippen molar-refractivity contribution in [2.75, 3.05) is 37.9 Å². The van der Waals surface area contributed by atoms with Gasteiger partial charge in [-0.25, -0.2) is 18.2 Å². The molecule has 0 saturated heterocycles.